The number of hydrogen-bond donors (Lipinski definition) is 0. The van der Waals surface area contributed by atoms with E-state index >= 15 is 0 Å². The Morgan fingerprint density at radius 2 is 1.67 bits per heavy atom. The minimum absolute atomic E-state index is 0.231. The normalized spacial score (nSPS) is 16.1. The zero-order chi connectivity index (χ0) is 19.4. The van der Waals surface area contributed by atoms with Crippen LogP contribution in [0.4, 0.5) is 5.69 Å². The van der Waals surface area contributed by atoms with E-state index in [2.05, 4.69) is 19.9 Å². The fraction of sp³-hybridized carbons (Fsp3) is 0.273. The van der Waals surface area contributed by atoms with Gasteiger partial charge in [-0.1, -0.05) is 50.2 Å². The van der Waals surface area contributed by atoms with Gasteiger partial charge in [-0.25, -0.2) is 4.79 Å². The Hall–Kier alpha value is -3.08. The second kappa shape index (κ2) is 7.66. The molecule has 0 atom stereocenters. The molecule has 0 aliphatic carbocycles. The molecule has 0 aromatic heterocycles. The first-order valence-electron chi connectivity index (χ1n) is 8.81. The number of hydrogen-bond acceptors (Lipinski definition) is 5. The number of fused-ring (bicyclic) bond motifs is 1. The van der Waals surface area contributed by atoms with Crippen molar-refractivity contribution < 1.29 is 19.1 Å². The highest BCUT2D eigenvalue weighted by Gasteiger charge is 2.38. The zero-order valence-electron chi connectivity index (χ0n) is 15.8. The van der Waals surface area contributed by atoms with E-state index in [1.54, 1.807) is 18.2 Å². The summed E-state index contributed by atoms with van der Waals surface area (Å²) in [6.07, 6.45) is 1.56. The van der Waals surface area contributed by atoms with Gasteiger partial charge in [0.05, 0.1) is 0 Å². The maximum absolute atomic E-state index is 12.3. The summed E-state index contributed by atoms with van der Waals surface area (Å²) in [5.41, 5.74) is 2.83. The number of allylic oxidation sites excluding steroid dienone is 1. The van der Waals surface area contributed by atoms with Crippen LogP contribution < -0.4 is 9.64 Å². The summed E-state index contributed by atoms with van der Waals surface area (Å²) in [5, 5.41) is 0. The quantitative estimate of drug-likeness (QED) is 0.579. The van der Waals surface area contributed by atoms with Gasteiger partial charge in [-0.15, -0.1) is 0 Å². The molecule has 1 heterocycles. The molecule has 0 radical (unpaired) electrons. The molecule has 2 aromatic carbocycles. The van der Waals surface area contributed by atoms with Gasteiger partial charge in [0.2, 0.25) is 0 Å². The van der Waals surface area contributed by atoms with Crippen LogP contribution in [0, 0.1) is 0 Å². The fourth-order valence-corrected chi connectivity index (χ4v) is 3.31. The number of carbonyl (C=O) groups excluding carboxylic acids is 2. The van der Waals surface area contributed by atoms with E-state index in [4.69, 9.17) is 9.47 Å². The van der Waals surface area contributed by atoms with Crippen LogP contribution in [-0.4, -0.2) is 32.0 Å². The number of para-hydroxylation sites is 2. The smallest absolute Gasteiger partial charge is 0.344 e. The first kappa shape index (κ1) is 18.7. The summed E-state index contributed by atoms with van der Waals surface area (Å²) in [6, 6.07) is 17.1. The van der Waals surface area contributed by atoms with Crippen molar-refractivity contribution in [1.29, 1.82) is 0 Å². The minimum Gasteiger partial charge on any atom is -0.482 e. The fourth-order valence-electron chi connectivity index (χ4n) is 3.31. The van der Waals surface area contributed by atoms with Gasteiger partial charge in [-0.05, 0) is 23.8 Å². The highest BCUT2D eigenvalue weighted by molar-refractivity contribution is 5.94. The Labute approximate surface area is 159 Å². The lowest BCUT2D eigenvalue weighted by Crippen LogP contribution is -2.25. The Bertz CT molecular complexity index is 871. The molecule has 27 heavy (non-hydrogen) atoms. The third-order valence-electron chi connectivity index (χ3n) is 4.71. The van der Waals surface area contributed by atoms with E-state index < -0.39 is 5.97 Å². The molecular weight excluding hydrogens is 342 g/mol. The molecule has 0 bridgehead atoms. The van der Waals surface area contributed by atoms with Crippen LogP contribution in [0.1, 0.15) is 19.4 Å². The topological polar surface area (TPSA) is 55.8 Å². The third-order valence-corrected chi connectivity index (χ3v) is 4.71. The first-order valence-corrected chi connectivity index (χ1v) is 8.81. The SMILES string of the molecule is CN1/C(=C\C(=O)COC(=O)COc2ccccc2)C(C)(C)c2ccccc21. The van der Waals surface area contributed by atoms with E-state index in [0.29, 0.717) is 5.75 Å². The van der Waals surface area contributed by atoms with Gasteiger partial charge < -0.3 is 14.4 Å². The monoisotopic (exact) mass is 365 g/mol. The van der Waals surface area contributed by atoms with Crippen molar-refractivity contribution >= 4 is 17.4 Å². The summed E-state index contributed by atoms with van der Waals surface area (Å²) in [4.78, 5) is 26.1. The molecule has 5 nitrogen and oxygen atoms in total. The van der Waals surface area contributed by atoms with Crippen LogP contribution in [-0.2, 0) is 19.7 Å². The summed E-state index contributed by atoms with van der Waals surface area (Å²) < 4.78 is 10.4. The molecule has 1 aliphatic rings. The summed E-state index contributed by atoms with van der Waals surface area (Å²) >= 11 is 0. The number of benzene rings is 2. The molecule has 0 unspecified atom stereocenters. The van der Waals surface area contributed by atoms with E-state index in [1.165, 1.54) is 5.56 Å². The van der Waals surface area contributed by atoms with Gasteiger partial charge in [0.1, 0.15) is 5.75 Å². The first-order chi connectivity index (χ1) is 12.9. The van der Waals surface area contributed by atoms with Crippen LogP contribution in [0.3, 0.4) is 0 Å². The number of anilines is 1. The number of ether oxygens (including phenoxy) is 2. The molecule has 0 fully saturated rings. The molecule has 0 spiro atoms. The molecule has 0 saturated heterocycles. The van der Waals surface area contributed by atoms with Crippen molar-refractivity contribution in [1.82, 2.24) is 0 Å². The van der Waals surface area contributed by atoms with Crippen LogP contribution in [0.15, 0.2) is 66.4 Å². The lowest BCUT2D eigenvalue weighted by Gasteiger charge is -2.23. The van der Waals surface area contributed by atoms with Crippen LogP contribution in [0.5, 0.6) is 5.75 Å². The molecule has 3 rings (SSSR count). The summed E-state index contributed by atoms with van der Waals surface area (Å²) in [7, 11) is 1.94. The molecule has 1 aliphatic heterocycles. The van der Waals surface area contributed by atoms with E-state index in [1.807, 2.05) is 48.3 Å². The Morgan fingerprint density at radius 1 is 1.00 bits per heavy atom. The molecule has 140 valence electrons. The van der Waals surface area contributed by atoms with E-state index in [-0.39, 0.29) is 24.4 Å². The molecule has 0 amide bonds. The average Bonchev–Trinajstić information content (AvgIpc) is 2.87. The molecule has 0 saturated carbocycles. The van der Waals surface area contributed by atoms with Crippen molar-refractivity contribution in [3.8, 4) is 5.75 Å². The second-order valence-corrected chi connectivity index (χ2v) is 6.96. The van der Waals surface area contributed by atoms with Crippen molar-refractivity contribution in [2.45, 2.75) is 19.3 Å². The molecule has 0 N–H and O–H groups in total. The highest BCUT2D eigenvalue weighted by Crippen LogP contribution is 2.46. The van der Waals surface area contributed by atoms with E-state index in [0.717, 1.165) is 11.4 Å². The molecular formula is C22H23NO4. The maximum Gasteiger partial charge on any atom is 0.344 e. The van der Waals surface area contributed by atoms with E-state index in [9.17, 15) is 9.59 Å². The average molecular weight is 365 g/mol. The van der Waals surface area contributed by atoms with Gasteiger partial charge in [0.15, 0.2) is 19.0 Å². The standard InChI is InChI=1S/C22H23NO4/c1-22(2)18-11-7-8-12-19(18)23(3)20(22)13-16(24)14-27-21(25)15-26-17-9-5-4-6-10-17/h4-13H,14-15H2,1-3H3/b20-13-. The Kier molecular flexibility index (Phi) is 5.31. The van der Waals surface area contributed by atoms with Gasteiger partial charge in [0, 0.05) is 29.9 Å². The number of rotatable bonds is 6. The molecule has 5 heteroatoms. The van der Waals surface area contributed by atoms with Crippen LogP contribution in [0.25, 0.3) is 0 Å². The maximum atomic E-state index is 12.3. The number of esters is 1. The summed E-state index contributed by atoms with van der Waals surface area (Å²) in [5.74, 6) is -0.256. The highest BCUT2D eigenvalue weighted by atomic mass is 16.6. The van der Waals surface area contributed by atoms with Crippen molar-refractivity contribution in [3.05, 3.63) is 71.9 Å². The second-order valence-electron chi connectivity index (χ2n) is 6.96. The van der Waals surface area contributed by atoms with Gasteiger partial charge in [-0.3, -0.25) is 4.79 Å². The van der Waals surface area contributed by atoms with Crippen LogP contribution >= 0.6 is 0 Å². The van der Waals surface area contributed by atoms with Crippen molar-refractivity contribution in [2.75, 3.05) is 25.2 Å². The van der Waals surface area contributed by atoms with Gasteiger partial charge >= 0.3 is 5.97 Å². The molecule has 2 aromatic rings. The van der Waals surface area contributed by atoms with Gasteiger partial charge in [-0.2, -0.15) is 0 Å². The van der Waals surface area contributed by atoms with Crippen molar-refractivity contribution in [2.24, 2.45) is 0 Å². The minimum atomic E-state index is -0.576. The van der Waals surface area contributed by atoms with Crippen molar-refractivity contribution in [3.63, 3.8) is 0 Å². The number of likely N-dealkylation sites (N-methyl/N-ethyl adjacent to an activating group) is 1. The predicted molar refractivity (Wildman–Crippen MR) is 104 cm³/mol. The number of carbonyl (C=O) groups is 2. The number of ketones is 1. The number of nitrogens with zero attached hydrogens (tertiary/aromatic N) is 1. The third kappa shape index (κ3) is 4.03. The Morgan fingerprint density at radius 3 is 2.37 bits per heavy atom. The lowest BCUT2D eigenvalue weighted by molar-refractivity contribution is -0.148. The summed E-state index contributed by atoms with van der Waals surface area (Å²) in [6.45, 7) is 3.62. The lowest BCUT2D eigenvalue weighted by atomic mass is 9.83. The van der Waals surface area contributed by atoms with Gasteiger partial charge in [0.25, 0.3) is 0 Å². The largest absolute Gasteiger partial charge is 0.482 e. The zero-order valence-corrected chi connectivity index (χ0v) is 15.8. The Balaban J connectivity index is 1.58. The van der Waals surface area contributed by atoms with Crippen LogP contribution in [0.2, 0.25) is 0 Å². The predicted octanol–water partition coefficient (Wildman–Crippen LogP) is 3.49.